The maximum Gasteiger partial charge on any atom is 0.411 e. The molecule has 0 spiro atoms. The van der Waals surface area contributed by atoms with Crippen LogP contribution in [0.3, 0.4) is 0 Å². The van der Waals surface area contributed by atoms with E-state index in [1.165, 1.54) is 36.3 Å². The Balaban J connectivity index is 1.45. The number of rotatable bonds is 5. The van der Waals surface area contributed by atoms with Crippen molar-refractivity contribution in [1.82, 2.24) is 35.5 Å². The van der Waals surface area contributed by atoms with E-state index < -0.39 is 12.1 Å². The van der Waals surface area contributed by atoms with Crippen molar-refractivity contribution in [3.8, 4) is 16.9 Å². The fourth-order valence-corrected chi connectivity index (χ4v) is 5.30. The molecule has 228 valence electrons. The van der Waals surface area contributed by atoms with Crippen molar-refractivity contribution in [2.24, 2.45) is 0 Å². The van der Waals surface area contributed by atoms with Crippen LogP contribution >= 0.6 is 34.8 Å². The number of amides is 3. The molecule has 3 amide bonds. The molecule has 44 heavy (non-hydrogen) atoms. The second kappa shape index (κ2) is 13.9. The number of nitrogens with zero attached hydrogens (tertiary/aromatic N) is 5. The standard InChI is InChI=1S/C28H26Cl3N9O4/c1-44-28(43)35-21-13-20-17(12-18(21)30)25-26(31)37-27(36-25)19(5-3-2-4-6-23(41)34-20)33-24(42)10-7-15-11-16(29)8-9-22(15)40-14-32-38-39-40/h7-14,19H,2-6H2,1H3,(H,33,42)(H,34,41)(H,35,43)(H,36,37)/b10-7+. The molecule has 4 N–H and O–H groups in total. The lowest BCUT2D eigenvalue weighted by molar-refractivity contribution is -0.117. The largest absolute Gasteiger partial charge is 0.453 e. The summed E-state index contributed by atoms with van der Waals surface area (Å²) in [6.45, 7) is 0. The highest BCUT2D eigenvalue weighted by molar-refractivity contribution is 6.35. The van der Waals surface area contributed by atoms with Crippen molar-refractivity contribution in [3.63, 3.8) is 0 Å². The van der Waals surface area contributed by atoms with E-state index in [9.17, 15) is 14.4 Å². The first-order valence-electron chi connectivity index (χ1n) is 13.5. The van der Waals surface area contributed by atoms with Crippen LogP contribution in [0.4, 0.5) is 16.2 Å². The van der Waals surface area contributed by atoms with Crippen LogP contribution < -0.4 is 16.0 Å². The van der Waals surface area contributed by atoms with Crippen molar-refractivity contribution < 1.29 is 19.1 Å². The SMILES string of the molecule is COC(=O)Nc1cc2c(cc1Cl)-c1nc([nH]c1Cl)C(NC(=O)/C=C/c1cc(Cl)ccc1-n1cnnn1)CCCCCC(=O)N2. The molecule has 16 heteroatoms. The summed E-state index contributed by atoms with van der Waals surface area (Å²) in [5, 5.41) is 20.5. The maximum absolute atomic E-state index is 13.2. The summed E-state index contributed by atoms with van der Waals surface area (Å²) in [5.74, 6) is -0.177. The minimum Gasteiger partial charge on any atom is -0.453 e. The van der Waals surface area contributed by atoms with Crippen LogP contribution in [0.15, 0.2) is 42.7 Å². The number of aromatic amines is 1. The Kier molecular flexibility index (Phi) is 9.78. The zero-order valence-electron chi connectivity index (χ0n) is 23.2. The molecular weight excluding hydrogens is 633 g/mol. The molecule has 0 aliphatic carbocycles. The number of aromatic nitrogens is 6. The van der Waals surface area contributed by atoms with Gasteiger partial charge in [0.25, 0.3) is 0 Å². The van der Waals surface area contributed by atoms with Gasteiger partial charge in [0.15, 0.2) is 0 Å². The van der Waals surface area contributed by atoms with Crippen molar-refractivity contribution >= 4 is 70.2 Å². The third-order valence-corrected chi connectivity index (χ3v) is 7.60. The number of benzene rings is 2. The number of hydrogen-bond acceptors (Lipinski definition) is 8. The average Bonchev–Trinajstić information content (AvgIpc) is 3.66. The van der Waals surface area contributed by atoms with E-state index in [1.54, 1.807) is 24.3 Å². The van der Waals surface area contributed by atoms with Gasteiger partial charge in [-0.25, -0.2) is 9.78 Å². The van der Waals surface area contributed by atoms with E-state index in [1.807, 2.05) is 0 Å². The number of nitrogens with one attached hydrogen (secondary N) is 4. The molecule has 0 saturated carbocycles. The fourth-order valence-electron chi connectivity index (χ4n) is 4.67. The molecule has 3 heterocycles. The van der Waals surface area contributed by atoms with Gasteiger partial charge >= 0.3 is 6.09 Å². The normalized spacial score (nSPS) is 15.4. The molecule has 1 atom stereocenters. The van der Waals surface area contributed by atoms with Crippen molar-refractivity contribution in [2.45, 2.75) is 38.1 Å². The third kappa shape index (κ3) is 7.36. The molecule has 1 aliphatic heterocycles. The summed E-state index contributed by atoms with van der Waals surface area (Å²) in [4.78, 5) is 45.6. The van der Waals surface area contributed by atoms with Crippen LogP contribution in [0.1, 0.15) is 49.5 Å². The number of H-pyrrole nitrogens is 1. The fraction of sp³-hybridized carbons (Fsp3) is 0.250. The quantitative estimate of drug-likeness (QED) is 0.190. The van der Waals surface area contributed by atoms with Crippen LogP contribution in [0.25, 0.3) is 23.0 Å². The van der Waals surface area contributed by atoms with E-state index in [0.717, 1.165) is 6.42 Å². The van der Waals surface area contributed by atoms with Crippen LogP contribution in [0.2, 0.25) is 15.2 Å². The summed E-state index contributed by atoms with van der Waals surface area (Å²) in [6, 6.07) is 7.67. The van der Waals surface area contributed by atoms with E-state index in [-0.39, 0.29) is 34.1 Å². The number of tetrazole rings is 1. The molecular formula is C28H26Cl3N9O4. The zero-order chi connectivity index (χ0) is 31.2. The topological polar surface area (TPSA) is 169 Å². The summed E-state index contributed by atoms with van der Waals surface area (Å²) in [5.41, 5.74) is 2.57. The molecule has 2 aromatic heterocycles. The van der Waals surface area contributed by atoms with E-state index in [0.29, 0.717) is 58.3 Å². The smallest absolute Gasteiger partial charge is 0.411 e. The van der Waals surface area contributed by atoms with Gasteiger partial charge in [0.2, 0.25) is 11.8 Å². The Morgan fingerprint density at radius 1 is 1.14 bits per heavy atom. The van der Waals surface area contributed by atoms with E-state index in [2.05, 4.69) is 41.2 Å². The Morgan fingerprint density at radius 2 is 1.98 bits per heavy atom. The molecule has 4 aromatic rings. The highest BCUT2D eigenvalue weighted by Crippen LogP contribution is 2.39. The maximum atomic E-state index is 13.2. The summed E-state index contributed by atoms with van der Waals surface area (Å²) >= 11 is 19.3. The van der Waals surface area contributed by atoms with Crippen molar-refractivity contribution in [2.75, 3.05) is 17.7 Å². The van der Waals surface area contributed by atoms with Gasteiger partial charge < -0.3 is 20.4 Å². The predicted octanol–water partition coefficient (Wildman–Crippen LogP) is 5.96. The minimum atomic E-state index is -0.725. The molecule has 1 unspecified atom stereocenters. The minimum absolute atomic E-state index is 0.172. The second-order valence-electron chi connectivity index (χ2n) is 9.78. The highest BCUT2D eigenvalue weighted by atomic mass is 35.5. The molecule has 2 bridgehead atoms. The monoisotopic (exact) mass is 657 g/mol. The van der Waals surface area contributed by atoms with Crippen LogP contribution in [-0.2, 0) is 14.3 Å². The lowest BCUT2D eigenvalue weighted by atomic mass is 10.1. The number of carbonyl (C=O) groups excluding carboxylic acids is 3. The molecule has 0 fully saturated rings. The van der Waals surface area contributed by atoms with Gasteiger partial charge in [-0.15, -0.1) is 5.10 Å². The molecule has 1 aliphatic rings. The molecule has 13 nitrogen and oxygen atoms in total. The average molecular weight is 659 g/mol. The van der Waals surface area contributed by atoms with E-state index in [4.69, 9.17) is 39.8 Å². The first kappa shape index (κ1) is 31.0. The van der Waals surface area contributed by atoms with Crippen LogP contribution in [0.5, 0.6) is 0 Å². The predicted molar refractivity (Wildman–Crippen MR) is 166 cm³/mol. The lowest BCUT2D eigenvalue weighted by Gasteiger charge is -2.16. The number of ether oxygens (including phenoxy) is 1. The number of halogens is 3. The van der Waals surface area contributed by atoms with E-state index >= 15 is 0 Å². The van der Waals surface area contributed by atoms with Crippen molar-refractivity contribution in [1.29, 1.82) is 0 Å². The van der Waals surface area contributed by atoms with Gasteiger partial charge in [-0.2, -0.15) is 4.68 Å². The number of imidazole rings is 1. The Labute approximate surface area is 266 Å². The zero-order valence-corrected chi connectivity index (χ0v) is 25.5. The van der Waals surface area contributed by atoms with Gasteiger partial charge in [0.05, 0.1) is 35.2 Å². The molecule has 0 saturated heterocycles. The number of fused-ring (bicyclic) bond motifs is 4. The second-order valence-corrected chi connectivity index (χ2v) is 11.0. The Bertz CT molecular complexity index is 1720. The van der Waals surface area contributed by atoms with Crippen LogP contribution in [-0.4, -0.2) is 55.2 Å². The molecule has 0 radical (unpaired) electrons. The lowest BCUT2D eigenvalue weighted by Crippen LogP contribution is -2.27. The highest BCUT2D eigenvalue weighted by Gasteiger charge is 2.24. The first-order chi connectivity index (χ1) is 21.2. The number of methoxy groups -OCH3 is 1. The number of carbonyl (C=O) groups is 3. The van der Waals surface area contributed by atoms with Gasteiger partial charge in [0.1, 0.15) is 23.0 Å². The number of hydrogen-bond donors (Lipinski definition) is 4. The van der Waals surface area contributed by atoms with Crippen molar-refractivity contribution in [3.05, 3.63) is 69.3 Å². The first-order valence-corrected chi connectivity index (χ1v) is 14.6. The van der Waals surface area contributed by atoms with Gasteiger partial charge in [-0.05, 0) is 59.7 Å². The summed E-state index contributed by atoms with van der Waals surface area (Å²) < 4.78 is 6.13. The molecule has 5 rings (SSSR count). The van der Waals surface area contributed by atoms with Gasteiger partial charge in [-0.3, -0.25) is 14.9 Å². The van der Waals surface area contributed by atoms with Crippen LogP contribution in [0, 0.1) is 0 Å². The summed E-state index contributed by atoms with van der Waals surface area (Å²) in [6.07, 6.45) is 6.59. The summed E-state index contributed by atoms with van der Waals surface area (Å²) in [7, 11) is 1.23. The van der Waals surface area contributed by atoms with Gasteiger partial charge in [0, 0.05) is 28.6 Å². The van der Waals surface area contributed by atoms with Gasteiger partial charge in [-0.1, -0.05) is 47.6 Å². The number of anilines is 2. The Hall–Kier alpha value is -4.46. The Morgan fingerprint density at radius 3 is 2.75 bits per heavy atom. The molecule has 2 aromatic carbocycles. The third-order valence-electron chi connectivity index (χ3n) is 6.78.